The molecule has 4 rings (SSSR count). The second-order valence-electron chi connectivity index (χ2n) is 11.3. The largest absolute Gasteiger partial charge is 0.458 e. The van der Waals surface area contributed by atoms with Crippen molar-refractivity contribution in [3.05, 3.63) is 35.5 Å². The molecule has 2 heterocycles. The molecule has 11 heteroatoms. The molecule has 9 atom stereocenters. The van der Waals surface area contributed by atoms with Gasteiger partial charge >= 0.3 is 17.9 Å². The van der Waals surface area contributed by atoms with E-state index in [1.807, 2.05) is 13.0 Å². The topological polar surface area (TPSA) is 169 Å². The van der Waals surface area contributed by atoms with Gasteiger partial charge in [0.05, 0.1) is 6.61 Å². The van der Waals surface area contributed by atoms with Crippen LogP contribution in [0.4, 0.5) is 0 Å². The minimum atomic E-state index is -1.71. The second-order valence-corrected chi connectivity index (χ2v) is 11.3. The lowest BCUT2D eigenvalue weighted by Crippen LogP contribution is -2.65. The summed E-state index contributed by atoms with van der Waals surface area (Å²) < 4.78 is 22.5. The van der Waals surface area contributed by atoms with Crippen molar-refractivity contribution in [2.24, 2.45) is 11.3 Å². The van der Waals surface area contributed by atoms with E-state index in [-0.39, 0.29) is 11.5 Å². The Bertz CT molecular complexity index is 1090. The first-order valence-electron chi connectivity index (χ1n) is 13.3. The molecule has 2 saturated heterocycles. The highest BCUT2D eigenvalue weighted by Crippen LogP contribution is 2.65. The second kappa shape index (κ2) is 10.8. The van der Waals surface area contributed by atoms with Gasteiger partial charge in [-0.25, -0.2) is 4.79 Å². The van der Waals surface area contributed by atoms with Crippen LogP contribution in [0.1, 0.15) is 59.8 Å². The number of cyclic esters (lactones) is 1. The number of hydrogen-bond acceptors (Lipinski definition) is 11. The zero-order valence-corrected chi connectivity index (χ0v) is 22.7. The molecule has 0 spiro atoms. The third kappa shape index (κ3) is 4.95. The normalized spacial score (nSPS) is 42.3. The Labute approximate surface area is 227 Å². The van der Waals surface area contributed by atoms with Crippen molar-refractivity contribution in [3.63, 3.8) is 0 Å². The van der Waals surface area contributed by atoms with Crippen molar-refractivity contribution >= 4 is 17.9 Å². The zero-order chi connectivity index (χ0) is 28.8. The minimum Gasteiger partial charge on any atom is -0.458 e. The van der Waals surface area contributed by atoms with Crippen molar-refractivity contribution in [3.8, 4) is 0 Å². The number of esters is 3. The highest BCUT2D eigenvalue weighted by atomic mass is 16.7. The maximum atomic E-state index is 13.6. The van der Waals surface area contributed by atoms with E-state index < -0.39 is 71.8 Å². The predicted molar refractivity (Wildman–Crippen MR) is 135 cm³/mol. The van der Waals surface area contributed by atoms with E-state index in [0.29, 0.717) is 32.1 Å². The molecule has 4 aliphatic rings. The van der Waals surface area contributed by atoms with E-state index in [9.17, 15) is 34.8 Å². The van der Waals surface area contributed by atoms with Crippen LogP contribution in [0.25, 0.3) is 0 Å². The molecular formula is C28H38O11. The minimum absolute atomic E-state index is 0.110. The average molecular weight is 551 g/mol. The fraction of sp³-hybridized carbons (Fsp3) is 0.679. The van der Waals surface area contributed by atoms with Crippen LogP contribution in [0.5, 0.6) is 0 Å². The first kappa shape index (κ1) is 29.4. The van der Waals surface area contributed by atoms with Gasteiger partial charge in [-0.3, -0.25) is 9.59 Å². The van der Waals surface area contributed by atoms with Crippen LogP contribution in [0.2, 0.25) is 0 Å². The molecule has 0 aromatic carbocycles. The van der Waals surface area contributed by atoms with Gasteiger partial charge in [-0.15, -0.1) is 0 Å². The van der Waals surface area contributed by atoms with Gasteiger partial charge < -0.3 is 39.4 Å². The number of allylic oxidation sites excluding steroid dienone is 4. The van der Waals surface area contributed by atoms with Gasteiger partial charge in [0.1, 0.15) is 41.0 Å². The SMILES string of the molecule is CC(=O)O[C@]12CCC(C)=CC[C@]13CC[C@H]2[C@](C)(/C=C/C=C(\C)C(=O)O[C@@H]1O[C@H](CO)[C@@H](O)[C@H](O)[C@H]1O)OC3=O. The average Bonchev–Trinajstić information content (AvgIpc) is 3.05. The van der Waals surface area contributed by atoms with Crippen LogP contribution in [-0.4, -0.2) is 86.8 Å². The third-order valence-electron chi connectivity index (χ3n) is 8.81. The lowest BCUT2D eigenvalue weighted by atomic mass is 9.62. The van der Waals surface area contributed by atoms with Crippen molar-refractivity contribution in [2.75, 3.05) is 6.61 Å². The van der Waals surface area contributed by atoms with Crippen LogP contribution in [0.15, 0.2) is 35.5 Å². The number of hydrogen-bond donors (Lipinski definition) is 4. The van der Waals surface area contributed by atoms with Crippen LogP contribution in [0.3, 0.4) is 0 Å². The summed E-state index contributed by atoms with van der Waals surface area (Å²) in [6.45, 7) is 5.94. The maximum Gasteiger partial charge on any atom is 0.336 e. The van der Waals surface area contributed by atoms with E-state index in [1.165, 1.54) is 19.9 Å². The van der Waals surface area contributed by atoms with Gasteiger partial charge in [-0.2, -0.15) is 0 Å². The summed E-state index contributed by atoms with van der Waals surface area (Å²) in [4.78, 5) is 38.5. The Kier molecular flexibility index (Phi) is 8.13. The number of aliphatic hydroxyl groups is 4. The molecule has 3 fully saturated rings. The Morgan fingerprint density at radius 3 is 2.54 bits per heavy atom. The Balaban J connectivity index is 1.54. The molecule has 2 aliphatic carbocycles. The summed E-state index contributed by atoms with van der Waals surface area (Å²) in [6, 6.07) is 0. The number of ether oxygens (including phenoxy) is 4. The van der Waals surface area contributed by atoms with Gasteiger partial charge in [-0.05, 0) is 59.0 Å². The summed E-state index contributed by atoms with van der Waals surface area (Å²) in [5.41, 5.74) is -1.81. The molecule has 4 N–H and O–H groups in total. The first-order valence-corrected chi connectivity index (χ1v) is 13.3. The highest BCUT2D eigenvalue weighted by Gasteiger charge is 2.74. The van der Waals surface area contributed by atoms with E-state index >= 15 is 0 Å². The molecule has 216 valence electrons. The molecule has 0 amide bonds. The zero-order valence-electron chi connectivity index (χ0n) is 22.7. The lowest BCUT2D eigenvalue weighted by molar-refractivity contribution is -0.291. The number of carbonyl (C=O) groups excluding carboxylic acids is 3. The quantitative estimate of drug-likeness (QED) is 0.122. The monoisotopic (exact) mass is 550 g/mol. The van der Waals surface area contributed by atoms with Gasteiger partial charge in [0.2, 0.25) is 6.29 Å². The van der Waals surface area contributed by atoms with E-state index in [2.05, 4.69) is 0 Å². The first-order chi connectivity index (χ1) is 18.3. The van der Waals surface area contributed by atoms with E-state index in [0.717, 1.165) is 5.57 Å². The molecule has 2 bridgehead atoms. The third-order valence-corrected chi connectivity index (χ3v) is 8.81. The maximum absolute atomic E-state index is 13.6. The van der Waals surface area contributed by atoms with Gasteiger partial charge in [0.15, 0.2) is 0 Å². The molecule has 0 aromatic heterocycles. The summed E-state index contributed by atoms with van der Waals surface area (Å²) >= 11 is 0. The fourth-order valence-corrected chi connectivity index (χ4v) is 6.61. The lowest BCUT2D eigenvalue weighted by Gasteiger charge is -2.54. The summed E-state index contributed by atoms with van der Waals surface area (Å²) in [7, 11) is 0. The highest BCUT2D eigenvalue weighted by molar-refractivity contribution is 5.88. The number of rotatable bonds is 6. The van der Waals surface area contributed by atoms with Crippen LogP contribution in [-0.2, 0) is 33.3 Å². The van der Waals surface area contributed by atoms with Crippen LogP contribution in [0, 0.1) is 11.3 Å². The summed E-state index contributed by atoms with van der Waals surface area (Å²) in [5.74, 6) is -2.01. The Morgan fingerprint density at radius 2 is 1.87 bits per heavy atom. The smallest absolute Gasteiger partial charge is 0.336 e. The summed E-state index contributed by atoms with van der Waals surface area (Å²) in [6.07, 6.45) is 1.76. The predicted octanol–water partition coefficient (Wildman–Crippen LogP) is 0.976. The van der Waals surface area contributed by atoms with Crippen LogP contribution >= 0.6 is 0 Å². The van der Waals surface area contributed by atoms with Crippen LogP contribution < -0.4 is 0 Å². The van der Waals surface area contributed by atoms with E-state index in [4.69, 9.17) is 18.9 Å². The number of aliphatic hydroxyl groups excluding tert-OH is 4. The van der Waals surface area contributed by atoms with E-state index in [1.54, 1.807) is 19.1 Å². The van der Waals surface area contributed by atoms with Gasteiger partial charge in [-0.1, -0.05) is 23.8 Å². The van der Waals surface area contributed by atoms with Crippen molar-refractivity contribution in [1.82, 2.24) is 0 Å². The molecule has 39 heavy (non-hydrogen) atoms. The molecule has 11 nitrogen and oxygen atoms in total. The molecule has 0 unspecified atom stereocenters. The fourth-order valence-electron chi connectivity index (χ4n) is 6.61. The summed E-state index contributed by atoms with van der Waals surface area (Å²) in [5, 5.41) is 39.2. The molecule has 1 saturated carbocycles. The number of carbonyl (C=O) groups is 3. The molecule has 0 aromatic rings. The molecular weight excluding hydrogens is 512 g/mol. The van der Waals surface area contributed by atoms with Gasteiger partial charge in [0, 0.05) is 18.4 Å². The Hall–Kier alpha value is -2.57. The van der Waals surface area contributed by atoms with Crippen molar-refractivity contribution < 1.29 is 53.8 Å². The van der Waals surface area contributed by atoms with Gasteiger partial charge in [0.25, 0.3) is 0 Å². The molecule has 0 radical (unpaired) electrons. The van der Waals surface area contributed by atoms with Crippen molar-refractivity contribution in [1.29, 1.82) is 0 Å². The Morgan fingerprint density at radius 1 is 1.15 bits per heavy atom. The molecule has 2 aliphatic heterocycles. The standard InChI is InChI=1S/C28H38O11/c1-15-7-11-27-12-9-19(28(27,13-8-15)38-17(3)30)26(4,39-25(27)35)10-5-6-16(2)23(34)37-24-22(33)21(32)20(31)18(14-29)36-24/h5-7,10,18-22,24,29,31-33H,8-9,11-14H2,1-4H3/b10-5+,16-6+/t18-,19+,20-,21+,22-,24+,26+,27-,28+/m1/s1. The van der Waals surface area contributed by atoms with Crippen molar-refractivity contribution in [2.45, 2.75) is 102 Å².